The van der Waals surface area contributed by atoms with E-state index in [2.05, 4.69) is 77.5 Å². The van der Waals surface area contributed by atoms with Crippen molar-refractivity contribution in [2.24, 2.45) is 0 Å². The second-order valence-corrected chi connectivity index (χ2v) is 24.0. The molecule has 16 heteroatoms. The molecule has 0 aliphatic rings. The van der Waals surface area contributed by atoms with Gasteiger partial charge in [0.25, 0.3) is 0 Å². The van der Waals surface area contributed by atoms with Crippen molar-refractivity contribution in [3.8, 4) is 17.2 Å². The number of hydrogen-bond donors (Lipinski definition) is 2. The highest BCUT2D eigenvalue weighted by Crippen LogP contribution is 2.57. The number of Topliss-reactive ketones (excluding diaryl/α,β-unsaturated/α-hetero) is 2. The monoisotopic (exact) mass is 1070 g/mol. The molecule has 0 bridgehead atoms. The SMILES string of the molecule is O=C(C[P+](c1ccccc1)(c1ccccc1)c1ccccc1)c1ccc(O)cc1.O=C(C[P+](c1ccccc1)(c1ccccc1)c1ccccc1)c1ccc(O)cc1.[O-]B([O-])Oc1cc(C(F)(F)F)cc(C(F)(F)F)c1. The van der Waals surface area contributed by atoms with E-state index in [0.717, 1.165) is 0 Å². The summed E-state index contributed by atoms with van der Waals surface area (Å²) in [4.78, 5) is 26.9. The summed E-state index contributed by atoms with van der Waals surface area (Å²) in [5, 5.41) is 46.5. The average molecular weight is 1070 g/mol. The number of carbonyl (C=O) groups excluding carboxylic acids is 2. The summed E-state index contributed by atoms with van der Waals surface area (Å²) in [7, 11) is -7.42. The van der Waals surface area contributed by atoms with Crippen LogP contribution in [-0.4, -0.2) is 41.4 Å². The van der Waals surface area contributed by atoms with Gasteiger partial charge in [-0.25, -0.2) is 0 Å². The summed E-state index contributed by atoms with van der Waals surface area (Å²) in [6.07, 6.45) is -9.31. The van der Waals surface area contributed by atoms with E-state index in [1.807, 2.05) is 109 Å². The Morgan fingerprint density at radius 1 is 0.395 bits per heavy atom. The summed E-state index contributed by atoms with van der Waals surface area (Å²) in [6, 6.07) is 75.5. The van der Waals surface area contributed by atoms with Gasteiger partial charge in [-0.2, -0.15) is 26.3 Å². The second-order valence-electron chi connectivity index (χ2n) is 17.0. The molecule has 0 amide bonds. The Hall–Kier alpha value is -7.86. The molecule has 0 radical (unpaired) electrons. The Labute approximate surface area is 437 Å². The fraction of sp³-hybridized carbons (Fsp3) is 0.0667. The maximum Gasteiger partial charge on any atom is 0.416 e. The van der Waals surface area contributed by atoms with Crippen LogP contribution in [0, 0.1) is 0 Å². The first-order valence-electron chi connectivity index (χ1n) is 23.4. The molecule has 0 fully saturated rings. The van der Waals surface area contributed by atoms with Gasteiger partial charge >= 0.3 is 12.4 Å². The Kier molecular flexibility index (Phi) is 18.5. The Balaban J connectivity index is 0.000000171. The normalized spacial score (nSPS) is 11.5. The first-order chi connectivity index (χ1) is 36.4. The third kappa shape index (κ3) is 13.9. The minimum Gasteiger partial charge on any atom is -0.860 e. The van der Waals surface area contributed by atoms with E-state index in [-0.39, 0.29) is 41.3 Å². The molecule has 0 spiro atoms. The smallest absolute Gasteiger partial charge is 0.416 e. The van der Waals surface area contributed by atoms with Gasteiger partial charge in [0.05, 0.1) is 16.9 Å². The van der Waals surface area contributed by atoms with Crippen molar-refractivity contribution in [1.82, 2.24) is 0 Å². The first kappa shape index (κ1) is 55.9. The molecule has 9 aromatic carbocycles. The third-order valence-electron chi connectivity index (χ3n) is 12.1. The highest BCUT2D eigenvalue weighted by atomic mass is 31.2. The molecule has 0 unspecified atom stereocenters. The van der Waals surface area contributed by atoms with E-state index < -0.39 is 51.1 Å². The van der Waals surface area contributed by atoms with Crippen LogP contribution in [0.2, 0.25) is 0 Å². The van der Waals surface area contributed by atoms with Crippen LogP contribution in [-0.2, 0) is 12.4 Å². The number of halogens is 6. The Bertz CT molecular complexity index is 2860. The standard InChI is InChI=1S/2C26H21O2P.C8H3BF6O3/c2*27-22-18-16-21(17-19-22)26(28)20-29(23-10-4-1-5-11-23,24-12-6-2-7-13-24)25-14-8-3-9-15-25;10-7(11,12)4-1-5(8(13,14)15)3-6(2-4)18-9(16)17/h2*1-19H,20H2;1-3H/q;;-2/p+2. The van der Waals surface area contributed by atoms with Gasteiger partial charge in [0, 0.05) is 11.1 Å². The van der Waals surface area contributed by atoms with Crippen LogP contribution in [0.4, 0.5) is 26.3 Å². The van der Waals surface area contributed by atoms with Crippen LogP contribution in [0.1, 0.15) is 31.8 Å². The molecule has 0 aromatic heterocycles. The minimum atomic E-state index is -5.05. The van der Waals surface area contributed by atoms with Crippen molar-refractivity contribution in [1.29, 1.82) is 0 Å². The third-order valence-corrected chi connectivity index (χ3v) is 20.7. The van der Waals surface area contributed by atoms with Crippen LogP contribution >= 0.6 is 14.5 Å². The predicted octanol–water partition coefficient (Wildman–Crippen LogP) is 9.95. The van der Waals surface area contributed by atoms with E-state index in [1.165, 1.54) is 31.8 Å². The van der Waals surface area contributed by atoms with Gasteiger partial charge in [-0.3, -0.25) is 9.59 Å². The van der Waals surface area contributed by atoms with Gasteiger partial charge < -0.3 is 24.9 Å². The summed E-state index contributed by atoms with van der Waals surface area (Å²) >= 11 is 0. The number of hydrogen-bond acceptors (Lipinski definition) is 7. The molecule has 2 N–H and O–H groups in total. The molecule has 9 rings (SSSR count). The molecular formula is C60H47BF6O7P2. The zero-order chi connectivity index (χ0) is 54.4. The van der Waals surface area contributed by atoms with Gasteiger partial charge in [0.1, 0.15) is 77.5 Å². The highest BCUT2D eigenvalue weighted by Gasteiger charge is 2.48. The first-order valence-corrected chi connectivity index (χ1v) is 27.4. The number of carbonyl (C=O) groups is 2. The van der Waals surface area contributed by atoms with Crippen molar-refractivity contribution in [3.05, 3.63) is 271 Å². The molecule has 76 heavy (non-hydrogen) atoms. The highest BCUT2D eigenvalue weighted by molar-refractivity contribution is 7.96. The number of ketones is 2. The lowest BCUT2D eigenvalue weighted by atomic mass is 10.1. The molecule has 0 aliphatic heterocycles. The molecule has 0 atom stereocenters. The van der Waals surface area contributed by atoms with Gasteiger partial charge in [-0.15, -0.1) is 0 Å². The van der Waals surface area contributed by atoms with Crippen molar-refractivity contribution in [2.45, 2.75) is 12.4 Å². The fourth-order valence-electron chi connectivity index (χ4n) is 8.55. The van der Waals surface area contributed by atoms with Crippen LogP contribution in [0.3, 0.4) is 0 Å². The predicted molar refractivity (Wildman–Crippen MR) is 288 cm³/mol. The van der Waals surface area contributed by atoms with Gasteiger partial charge in [0.15, 0.2) is 0 Å². The lowest BCUT2D eigenvalue weighted by Crippen LogP contribution is -2.50. The number of aromatic hydroxyl groups is 2. The van der Waals surface area contributed by atoms with Crippen LogP contribution in [0.15, 0.2) is 249 Å². The zero-order valence-corrected chi connectivity index (χ0v) is 42.0. The maximum atomic E-state index is 13.4. The van der Waals surface area contributed by atoms with Crippen LogP contribution < -0.4 is 46.5 Å². The Morgan fingerprint density at radius 3 is 0.842 bits per heavy atom. The van der Waals surface area contributed by atoms with E-state index in [0.29, 0.717) is 23.5 Å². The molecule has 384 valence electrons. The van der Waals surface area contributed by atoms with E-state index in [9.17, 15) is 56.2 Å². The summed E-state index contributed by atoms with van der Waals surface area (Å²) < 4.78 is 77.5. The maximum absolute atomic E-state index is 13.4. The van der Waals surface area contributed by atoms with Crippen molar-refractivity contribution in [2.75, 3.05) is 12.3 Å². The molecule has 0 saturated heterocycles. The van der Waals surface area contributed by atoms with Gasteiger partial charge in [-0.1, -0.05) is 109 Å². The molecule has 9 aromatic rings. The number of alkyl halides is 6. The quantitative estimate of drug-likeness (QED) is 0.0480. The van der Waals surface area contributed by atoms with Crippen molar-refractivity contribution >= 4 is 65.2 Å². The summed E-state index contributed by atoms with van der Waals surface area (Å²) in [6.45, 7) is 0. The topological polar surface area (TPSA) is 130 Å². The van der Waals surface area contributed by atoms with E-state index >= 15 is 0 Å². The number of rotatable bonds is 14. The number of benzene rings is 9. The molecule has 0 heterocycles. The zero-order valence-electron chi connectivity index (χ0n) is 40.3. The summed E-state index contributed by atoms with van der Waals surface area (Å²) in [5.41, 5.74) is -2.08. The van der Waals surface area contributed by atoms with E-state index in [4.69, 9.17) is 0 Å². The lowest BCUT2D eigenvalue weighted by Gasteiger charge is -2.27. The largest absolute Gasteiger partial charge is 0.860 e. The van der Waals surface area contributed by atoms with Crippen LogP contribution in [0.25, 0.3) is 0 Å². The Morgan fingerprint density at radius 2 is 0.632 bits per heavy atom. The van der Waals surface area contributed by atoms with Crippen molar-refractivity contribution < 1.29 is 60.8 Å². The fourth-order valence-corrected chi connectivity index (χ4v) is 16.7. The second kappa shape index (κ2) is 25.1. The van der Waals surface area contributed by atoms with Gasteiger partial charge in [0.2, 0.25) is 11.6 Å². The minimum absolute atomic E-state index is 0.0786. The lowest BCUT2D eigenvalue weighted by molar-refractivity contribution is -0.372. The van der Waals surface area contributed by atoms with Gasteiger partial charge in [-0.05, 0) is 140 Å². The van der Waals surface area contributed by atoms with Crippen molar-refractivity contribution in [3.63, 3.8) is 0 Å². The number of phenolic OH excluding ortho intramolecular Hbond substituents is 2. The molecular weight excluding hydrogens is 1020 g/mol. The average Bonchev–Trinajstić information content (AvgIpc) is 3.45. The van der Waals surface area contributed by atoms with E-state index in [1.54, 1.807) is 48.5 Å². The molecule has 0 aliphatic carbocycles. The van der Waals surface area contributed by atoms with Crippen LogP contribution in [0.5, 0.6) is 17.2 Å². The number of phenols is 2. The molecule has 0 saturated carbocycles. The summed E-state index contributed by atoms with van der Waals surface area (Å²) in [5.74, 6) is -0.592. The molecule has 7 nitrogen and oxygen atoms in total.